The lowest BCUT2D eigenvalue weighted by Crippen LogP contribution is -2.24. The summed E-state index contributed by atoms with van der Waals surface area (Å²) in [4.78, 5) is 0. The van der Waals surface area contributed by atoms with E-state index in [4.69, 9.17) is 11.6 Å². The second kappa shape index (κ2) is 6.02. The molecule has 0 aliphatic carbocycles. The van der Waals surface area contributed by atoms with Crippen molar-refractivity contribution in [3.63, 3.8) is 0 Å². The number of hydrogen-bond donors (Lipinski definition) is 2. The largest absolute Gasteiger partial charge is 0.392 e. The first kappa shape index (κ1) is 14.3. The van der Waals surface area contributed by atoms with Gasteiger partial charge in [-0.3, -0.25) is 0 Å². The van der Waals surface area contributed by atoms with Gasteiger partial charge in [-0.1, -0.05) is 60.1 Å². The van der Waals surface area contributed by atoms with Crippen LogP contribution in [0.1, 0.15) is 12.5 Å². The lowest BCUT2D eigenvalue weighted by molar-refractivity contribution is 0.191. The van der Waals surface area contributed by atoms with E-state index in [0.29, 0.717) is 13.1 Å². The third-order valence-electron chi connectivity index (χ3n) is 3.72. The maximum Gasteiger partial charge on any atom is 0.0636 e. The van der Waals surface area contributed by atoms with Crippen LogP contribution < -0.4 is 5.32 Å². The second-order valence-electron chi connectivity index (χ2n) is 5.36. The molecule has 0 saturated heterocycles. The summed E-state index contributed by atoms with van der Waals surface area (Å²) in [6, 6.07) is 16.4. The van der Waals surface area contributed by atoms with Gasteiger partial charge in [0.05, 0.1) is 11.1 Å². The molecule has 0 amide bonds. The highest BCUT2D eigenvalue weighted by Gasteiger charge is 2.11. The Morgan fingerprint density at radius 2 is 1.43 bits per heavy atom. The highest BCUT2D eigenvalue weighted by atomic mass is 35.5. The Bertz CT molecular complexity index is 726. The number of halogens is 1. The predicted octanol–water partition coefficient (Wildman–Crippen LogP) is 4.12. The summed E-state index contributed by atoms with van der Waals surface area (Å²) < 4.78 is 0. The van der Waals surface area contributed by atoms with E-state index in [0.717, 1.165) is 15.8 Å². The van der Waals surface area contributed by atoms with Gasteiger partial charge in [-0.05, 0) is 23.3 Å². The van der Waals surface area contributed by atoms with E-state index >= 15 is 0 Å². The van der Waals surface area contributed by atoms with Crippen molar-refractivity contribution in [3.8, 4) is 0 Å². The highest BCUT2D eigenvalue weighted by molar-refractivity contribution is 6.41. The van der Waals surface area contributed by atoms with Gasteiger partial charge < -0.3 is 10.4 Å². The monoisotopic (exact) mass is 299 g/mol. The Kier molecular flexibility index (Phi) is 4.11. The van der Waals surface area contributed by atoms with Crippen LogP contribution in [-0.4, -0.2) is 17.8 Å². The van der Waals surface area contributed by atoms with Crippen molar-refractivity contribution < 1.29 is 5.11 Å². The van der Waals surface area contributed by atoms with Crippen molar-refractivity contribution in [2.24, 2.45) is 0 Å². The van der Waals surface area contributed by atoms with E-state index in [9.17, 15) is 5.11 Å². The number of hydrogen-bond acceptors (Lipinski definition) is 2. The molecule has 0 aliphatic rings. The standard InChI is InChI=1S/C18H18ClNO/c1-12(21)10-20-11-17-13-6-2-4-8-15(13)18(19)16-9-5-3-7-14(16)17/h2-9,12,20-21H,10-11H2,1H3/t12-/m1/s1. The minimum absolute atomic E-state index is 0.352. The quantitative estimate of drug-likeness (QED) is 0.710. The zero-order valence-electron chi connectivity index (χ0n) is 11.9. The molecule has 3 heteroatoms. The number of rotatable bonds is 4. The van der Waals surface area contributed by atoms with Gasteiger partial charge in [0.1, 0.15) is 0 Å². The molecule has 2 N–H and O–H groups in total. The molecule has 1 atom stereocenters. The normalized spacial score (nSPS) is 12.9. The van der Waals surface area contributed by atoms with Crippen molar-refractivity contribution in [1.29, 1.82) is 0 Å². The van der Waals surface area contributed by atoms with Crippen molar-refractivity contribution in [1.82, 2.24) is 5.32 Å². The highest BCUT2D eigenvalue weighted by Crippen LogP contribution is 2.35. The molecule has 0 unspecified atom stereocenters. The fourth-order valence-electron chi connectivity index (χ4n) is 2.76. The third-order valence-corrected chi connectivity index (χ3v) is 4.13. The average Bonchev–Trinajstić information content (AvgIpc) is 2.50. The third kappa shape index (κ3) is 2.75. The number of benzene rings is 3. The maximum absolute atomic E-state index is 9.42. The van der Waals surface area contributed by atoms with Crippen LogP contribution in [-0.2, 0) is 6.54 Å². The average molecular weight is 300 g/mol. The summed E-state index contributed by atoms with van der Waals surface area (Å²) in [6.45, 7) is 3.07. The van der Waals surface area contributed by atoms with Crippen molar-refractivity contribution in [2.75, 3.05) is 6.54 Å². The van der Waals surface area contributed by atoms with Crippen LogP contribution in [0.5, 0.6) is 0 Å². The predicted molar refractivity (Wildman–Crippen MR) is 89.9 cm³/mol. The van der Waals surface area contributed by atoms with E-state index in [-0.39, 0.29) is 6.10 Å². The topological polar surface area (TPSA) is 32.3 Å². The zero-order valence-corrected chi connectivity index (χ0v) is 12.7. The minimum Gasteiger partial charge on any atom is -0.392 e. The molecule has 21 heavy (non-hydrogen) atoms. The summed E-state index contributed by atoms with van der Waals surface area (Å²) in [7, 11) is 0. The fourth-order valence-corrected chi connectivity index (χ4v) is 3.09. The smallest absolute Gasteiger partial charge is 0.0636 e. The van der Waals surface area contributed by atoms with Crippen LogP contribution in [0, 0.1) is 0 Å². The molecule has 3 rings (SSSR count). The molecular weight excluding hydrogens is 282 g/mol. The Morgan fingerprint density at radius 1 is 0.952 bits per heavy atom. The first-order chi connectivity index (χ1) is 10.2. The summed E-state index contributed by atoms with van der Waals surface area (Å²) >= 11 is 6.57. The van der Waals surface area contributed by atoms with E-state index in [2.05, 4.69) is 29.6 Å². The lowest BCUT2D eigenvalue weighted by Gasteiger charge is -2.15. The molecule has 0 aliphatic heterocycles. The van der Waals surface area contributed by atoms with Gasteiger partial charge in [0.15, 0.2) is 0 Å². The fraction of sp³-hybridized carbons (Fsp3) is 0.222. The van der Waals surface area contributed by atoms with Gasteiger partial charge in [-0.2, -0.15) is 0 Å². The van der Waals surface area contributed by atoms with Gasteiger partial charge in [0, 0.05) is 23.9 Å². The molecule has 0 fully saturated rings. The van der Waals surface area contributed by atoms with E-state index in [1.54, 1.807) is 6.92 Å². The molecule has 2 nitrogen and oxygen atoms in total. The van der Waals surface area contributed by atoms with Crippen LogP contribution in [0.3, 0.4) is 0 Å². The number of fused-ring (bicyclic) bond motifs is 2. The van der Waals surface area contributed by atoms with Crippen LogP contribution in [0.4, 0.5) is 0 Å². The van der Waals surface area contributed by atoms with Gasteiger partial charge in [0.2, 0.25) is 0 Å². The SMILES string of the molecule is C[C@@H](O)CNCc1c2ccccc2c(Cl)c2ccccc12. The molecule has 0 bridgehead atoms. The Hall–Kier alpha value is -1.61. The Balaban J connectivity index is 2.20. The Labute approximate surface area is 129 Å². The van der Waals surface area contributed by atoms with Crippen molar-refractivity contribution in [3.05, 3.63) is 59.1 Å². The summed E-state index contributed by atoms with van der Waals surface area (Å²) in [6.07, 6.45) is -0.352. The van der Waals surface area contributed by atoms with Crippen LogP contribution >= 0.6 is 11.6 Å². The summed E-state index contributed by atoms with van der Waals surface area (Å²) in [5.41, 5.74) is 1.23. The Morgan fingerprint density at radius 3 is 1.90 bits per heavy atom. The molecule has 108 valence electrons. The summed E-state index contributed by atoms with van der Waals surface area (Å²) in [5.74, 6) is 0. The molecule has 3 aromatic carbocycles. The van der Waals surface area contributed by atoms with Crippen LogP contribution in [0.25, 0.3) is 21.5 Å². The molecule has 0 aromatic heterocycles. The lowest BCUT2D eigenvalue weighted by atomic mass is 9.96. The van der Waals surface area contributed by atoms with Gasteiger partial charge in [0.25, 0.3) is 0 Å². The van der Waals surface area contributed by atoms with Crippen LogP contribution in [0.2, 0.25) is 5.02 Å². The van der Waals surface area contributed by atoms with E-state index < -0.39 is 0 Å². The maximum atomic E-state index is 9.42. The first-order valence-electron chi connectivity index (χ1n) is 7.15. The molecule has 0 spiro atoms. The summed E-state index contributed by atoms with van der Waals surface area (Å²) in [5, 5.41) is 18.0. The number of nitrogens with one attached hydrogen (secondary N) is 1. The van der Waals surface area contributed by atoms with Gasteiger partial charge in [-0.15, -0.1) is 0 Å². The zero-order chi connectivity index (χ0) is 14.8. The van der Waals surface area contributed by atoms with E-state index in [1.165, 1.54) is 16.3 Å². The van der Waals surface area contributed by atoms with Crippen LogP contribution in [0.15, 0.2) is 48.5 Å². The van der Waals surface area contributed by atoms with Gasteiger partial charge in [-0.25, -0.2) is 0 Å². The van der Waals surface area contributed by atoms with Crippen molar-refractivity contribution >= 4 is 33.1 Å². The minimum atomic E-state index is -0.352. The van der Waals surface area contributed by atoms with E-state index in [1.807, 2.05) is 24.3 Å². The number of aliphatic hydroxyl groups excluding tert-OH is 1. The van der Waals surface area contributed by atoms with Crippen molar-refractivity contribution in [2.45, 2.75) is 19.6 Å². The molecule has 0 radical (unpaired) electrons. The number of aliphatic hydroxyl groups is 1. The molecular formula is C18H18ClNO. The molecule has 0 heterocycles. The molecule has 3 aromatic rings. The first-order valence-corrected chi connectivity index (χ1v) is 7.53. The molecule has 0 saturated carbocycles. The second-order valence-corrected chi connectivity index (χ2v) is 5.74. The van der Waals surface area contributed by atoms with Gasteiger partial charge >= 0.3 is 0 Å².